The number of sulfonamides is 1. The lowest BCUT2D eigenvalue weighted by Crippen LogP contribution is -2.32. The van der Waals surface area contributed by atoms with Crippen molar-refractivity contribution in [3.63, 3.8) is 0 Å². The monoisotopic (exact) mass is 353 g/mol. The zero-order valence-corrected chi connectivity index (χ0v) is 12.2. The third kappa shape index (κ3) is 2.66. The minimum atomic E-state index is -3.72. The number of hydrogen-bond donors (Lipinski definition) is 1. The Morgan fingerprint density at radius 3 is 2.72 bits per heavy atom. The molecule has 2 heterocycles. The largest absolute Gasteiger partial charge is 0.309 e. The molecule has 2 rings (SSSR count). The van der Waals surface area contributed by atoms with E-state index in [1.807, 2.05) is 0 Å². The highest BCUT2D eigenvalue weighted by molar-refractivity contribution is 9.10. The number of halogens is 2. The average molecular weight is 355 g/mol. The third-order valence-corrected chi connectivity index (χ3v) is 5.03. The van der Waals surface area contributed by atoms with Crippen molar-refractivity contribution in [2.24, 2.45) is 5.14 Å². The lowest BCUT2D eigenvalue weighted by molar-refractivity contribution is -0.117. The fourth-order valence-electron chi connectivity index (χ4n) is 1.70. The van der Waals surface area contributed by atoms with E-state index in [0.29, 0.717) is 10.2 Å². The molecule has 1 unspecified atom stereocenters. The smallest absolute Gasteiger partial charge is 0.228 e. The maximum absolute atomic E-state index is 11.8. The van der Waals surface area contributed by atoms with Crippen LogP contribution in [0.1, 0.15) is 6.42 Å². The first-order valence-corrected chi connectivity index (χ1v) is 7.70. The van der Waals surface area contributed by atoms with Gasteiger partial charge < -0.3 is 4.90 Å². The second-order valence-corrected chi connectivity index (χ2v) is 6.94. The Kier molecular flexibility index (Phi) is 3.63. The number of aromatic nitrogens is 1. The first-order valence-electron chi connectivity index (χ1n) is 4.92. The van der Waals surface area contributed by atoms with E-state index in [-0.39, 0.29) is 24.0 Å². The zero-order valence-electron chi connectivity index (χ0n) is 9.01. The molecule has 6 nitrogen and oxygen atoms in total. The van der Waals surface area contributed by atoms with Crippen LogP contribution in [0.15, 0.2) is 16.7 Å². The van der Waals surface area contributed by atoms with Crippen molar-refractivity contribution in [3.05, 3.63) is 21.9 Å². The number of amides is 1. The number of hydrogen-bond acceptors (Lipinski definition) is 4. The molecule has 1 atom stereocenters. The van der Waals surface area contributed by atoms with Crippen LogP contribution in [0.5, 0.6) is 0 Å². The highest BCUT2D eigenvalue weighted by Gasteiger charge is 2.37. The van der Waals surface area contributed by atoms with Gasteiger partial charge in [0.25, 0.3) is 0 Å². The van der Waals surface area contributed by atoms with E-state index in [1.165, 1.54) is 11.1 Å². The molecule has 1 aromatic rings. The summed E-state index contributed by atoms with van der Waals surface area (Å²) in [6.45, 7) is 0.0351. The first-order chi connectivity index (χ1) is 8.29. The molecule has 2 N–H and O–H groups in total. The summed E-state index contributed by atoms with van der Waals surface area (Å²) in [5.41, 5.74) is 0.488. The molecular weight excluding hydrogens is 346 g/mol. The molecule has 0 bridgehead atoms. The second-order valence-electron chi connectivity index (χ2n) is 3.89. The van der Waals surface area contributed by atoms with Gasteiger partial charge in [-0.05, 0) is 22.0 Å². The molecular formula is C9H9BrClN3O3S. The van der Waals surface area contributed by atoms with Gasteiger partial charge in [-0.15, -0.1) is 0 Å². The van der Waals surface area contributed by atoms with Gasteiger partial charge in [0.15, 0.2) is 0 Å². The normalized spacial score (nSPS) is 20.5. The van der Waals surface area contributed by atoms with Crippen molar-refractivity contribution in [1.82, 2.24) is 4.98 Å². The van der Waals surface area contributed by atoms with E-state index >= 15 is 0 Å². The molecule has 1 aromatic heterocycles. The summed E-state index contributed by atoms with van der Waals surface area (Å²) in [7, 11) is -3.72. The molecule has 98 valence electrons. The summed E-state index contributed by atoms with van der Waals surface area (Å²) in [6.07, 6.45) is 1.30. The summed E-state index contributed by atoms with van der Waals surface area (Å²) in [4.78, 5) is 17.0. The third-order valence-electron chi connectivity index (χ3n) is 2.65. The van der Waals surface area contributed by atoms with Crippen LogP contribution in [0.4, 0.5) is 5.69 Å². The van der Waals surface area contributed by atoms with Crippen LogP contribution in [-0.2, 0) is 14.8 Å². The summed E-state index contributed by atoms with van der Waals surface area (Å²) in [5.74, 6) is -0.301. The molecule has 1 saturated heterocycles. The number of pyridine rings is 1. The molecule has 0 saturated carbocycles. The summed E-state index contributed by atoms with van der Waals surface area (Å²) in [5, 5.41) is 4.44. The zero-order chi connectivity index (χ0) is 13.5. The van der Waals surface area contributed by atoms with Crippen LogP contribution >= 0.6 is 27.5 Å². The molecule has 1 aliphatic rings. The fraction of sp³-hybridized carbons (Fsp3) is 0.333. The predicted molar refractivity (Wildman–Crippen MR) is 70.8 cm³/mol. The Balaban J connectivity index is 2.30. The van der Waals surface area contributed by atoms with Gasteiger partial charge in [0.1, 0.15) is 10.4 Å². The molecule has 9 heteroatoms. The van der Waals surface area contributed by atoms with Crippen LogP contribution < -0.4 is 10.0 Å². The van der Waals surface area contributed by atoms with Crippen molar-refractivity contribution < 1.29 is 13.2 Å². The van der Waals surface area contributed by atoms with E-state index in [1.54, 1.807) is 6.07 Å². The van der Waals surface area contributed by atoms with Crippen molar-refractivity contribution >= 4 is 49.1 Å². The number of anilines is 1. The van der Waals surface area contributed by atoms with Gasteiger partial charge in [-0.1, -0.05) is 11.6 Å². The molecule has 0 spiro atoms. The van der Waals surface area contributed by atoms with E-state index in [9.17, 15) is 13.2 Å². The SMILES string of the molecule is NS(=O)(=O)C1CC(=O)N(c2cnc(Cl)c(Br)c2)C1. The highest BCUT2D eigenvalue weighted by atomic mass is 79.9. The Morgan fingerprint density at radius 2 is 2.22 bits per heavy atom. The molecule has 0 aliphatic carbocycles. The summed E-state index contributed by atoms with van der Waals surface area (Å²) < 4.78 is 23.0. The van der Waals surface area contributed by atoms with Crippen molar-refractivity contribution in [1.29, 1.82) is 0 Å². The Hall–Kier alpha value is -0.700. The van der Waals surface area contributed by atoms with Crippen LogP contribution in [0.2, 0.25) is 5.15 Å². The number of rotatable bonds is 2. The first kappa shape index (κ1) is 13.7. The number of primary sulfonamides is 1. The average Bonchev–Trinajstić information content (AvgIpc) is 2.64. The number of carbonyl (C=O) groups excluding carboxylic acids is 1. The summed E-state index contributed by atoms with van der Waals surface area (Å²) >= 11 is 8.94. The fourth-order valence-corrected chi connectivity index (χ4v) is 2.88. The van der Waals surface area contributed by atoms with Gasteiger partial charge in [0.05, 0.1) is 16.4 Å². The number of nitrogens with zero attached hydrogens (tertiary/aromatic N) is 2. The van der Waals surface area contributed by atoms with Crippen molar-refractivity contribution in [2.75, 3.05) is 11.4 Å². The maximum atomic E-state index is 11.8. The molecule has 0 radical (unpaired) electrons. The van der Waals surface area contributed by atoms with Crippen LogP contribution in [0, 0.1) is 0 Å². The van der Waals surface area contributed by atoms with Gasteiger partial charge in [-0.3, -0.25) is 4.79 Å². The number of carbonyl (C=O) groups is 1. The second kappa shape index (κ2) is 4.76. The molecule has 1 amide bonds. The van der Waals surface area contributed by atoms with Crippen LogP contribution in [0.25, 0.3) is 0 Å². The Labute approximate surface area is 117 Å². The van der Waals surface area contributed by atoms with Crippen molar-refractivity contribution in [2.45, 2.75) is 11.7 Å². The quantitative estimate of drug-likeness (QED) is 0.798. The van der Waals surface area contributed by atoms with E-state index in [2.05, 4.69) is 20.9 Å². The Bertz CT molecular complexity index is 607. The summed E-state index contributed by atoms with van der Waals surface area (Å²) in [6, 6.07) is 1.61. The van der Waals surface area contributed by atoms with Gasteiger partial charge in [0.2, 0.25) is 15.9 Å². The van der Waals surface area contributed by atoms with Gasteiger partial charge >= 0.3 is 0 Å². The van der Waals surface area contributed by atoms with Gasteiger partial charge in [-0.2, -0.15) is 0 Å². The highest BCUT2D eigenvalue weighted by Crippen LogP contribution is 2.28. The lowest BCUT2D eigenvalue weighted by atomic mass is 10.4. The van der Waals surface area contributed by atoms with Gasteiger partial charge in [-0.25, -0.2) is 18.5 Å². The topological polar surface area (TPSA) is 93.4 Å². The molecule has 18 heavy (non-hydrogen) atoms. The molecule has 0 aromatic carbocycles. The predicted octanol–water partition coefficient (Wildman–Crippen LogP) is 0.891. The minimum Gasteiger partial charge on any atom is -0.309 e. The van der Waals surface area contributed by atoms with E-state index in [4.69, 9.17) is 16.7 Å². The minimum absolute atomic E-state index is 0.0351. The van der Waals surface area contributed by atoms with E-state index in [0.717, 1.165) is 0 Å². The van der Waals surface area contributed by atoms with Gasteiger partial charge in [0, 0.05) is 13.0 Å². The molecule has 1 fully saturated rings. The standard InChI is InChI=1S/C9H9BrClN3O3S/c10-7-1-5(3-13-9(7)11)14-4-6(2-8(14)15)18(12,16)17/h1,3,6H,2,4H2,(H2,12,16,17). The number of nitrogens with two attached hydrogens (primary N) is 1. The van der Waals surface area contributed by atoms with Crippen LogP contribution in [0.3, 0.4) is 0 Å². The Morgan fingerprint density at radius 1 is 1.56 bits per heavy atom. The lowest BCUT2D eigenvalue weighted by Gasteiger charge is -2.16. The van der Waals surface area contributed by atoms with E-state index < -0.39 is 15.3 Å². The van der Waals surface area contributed by atoms with Crippen molar-refractivity contribution in [3.8, 4) is 0 Å². The molecule has 1 aliphatic heterocycles. The maximum Gasteiger partial charge on any atom is 0.228 e. The van der Waals surface area contributed by atoms with Crippen LogP contribution in [-0.4, -0.2) is 31.1 Å².